The largest absolute Gasteiger partial charge is 0.468 e. The molecule has 1 fully saturated rings. The Hall–Kier alpha value is -2.02. The number of hydrogen-bond acceptors (Lipinski definition) is 4. The van der Waals surface area contributed by atoms with Gasteiger partial charge in [-0.25, -0.2) is 0 Å². The molecule has 0 aromatic carbocycles. The second-order valence-corrected chi connectivity index (χ2v) is 7.38. The Labute approximate surface area is 150 Å². The maximum atomic E-state index is 11.9. The molecule has 0 saturated carbocycles. The first kappa shape index (κ1) is 19.3. The van der Waals surface area contributed by atoms with Crippen LogP contribution < -0.4 is 16.0 Å². The SMILES string of the molecule is CN=C(NCC(=O)NC(C)(C)C)NCC(c1ccco1)N1CCCC1. The summed E-state index contributed by atoms with van der Waals surface area (Å²) >= 11 is 0. The third-order valence-electron chi connectivity index (χ3n) is 4.07. The van der Waals surface area contributed by atoms with Crippen molar-refractivity contribution < 1.29 is 9.21 Å². The van der Waals surface area contributed by atoms with E-state index < -0.39 is 0 Å². The quantitative estimate of drug-likeness (QED) is 0.536. The van der Waals surface area contributed by atoms with Crippen LogP contribution in [0.4, 0.5) is 0 Å². The Morgan fingerprint density at radius 1 is 1.32 bits per heavy atom. The van der Waals surface area contributed by atoms with Crippen molar-refractivity contribution in [3.05, 3.63) is 24.2 Å². The van der Waals surface area contributed by atoms with Crippen molar-refractivity contribution in [1.29, 1.82) is 0 Å². The van der Waals surface area contributed by atoms with E-state index in [4.69, 9.17) is 4.42 Å². The number of furan rings is 1. The summed E-state index contributed by atoms with van der Waals surface area (Å²) in [6, 6.07) is 4.10. The molecule has 1 aromatic rings. The molecule has 1 aromatic heterocycles. The van der Waals surface area contributed by atoms with Gasteiger partial charge in [0.1, 0.15) is 5.76 Å². The van der Waals surface area contributed by atoms with Gasteiger partial charge in [-0.05, 0) is 58.8 Å². The Kier molecular flexibility index (Phi) is 6.87. The third-order valence-corrected chi connectivity index (χ3v) is 4.07. The van der Waals surface area contributed by atoms with Crippen LogP contribution in [0, 0.1) is 0 Å². The van der Waals surface area contributed by atoms with Gasteiger partial charge in [-0.1, -0.05) is 0 Å². The number of hydrogen-bond donors (Lipinski definition) is 3. The number of nitrogens with one attached hydrogen (secondary N) is 3. The van der Waals surface area contributed by atoms with Gasteiger partial charge in [-0.15, -0.1) is 0 Å². The monoisotopic (exact) mass is 349 g/mol. The number of carbonyl (C=O) groups is 1. The van der Waals surface area contributed by atoms with Gasteiger partial charge in [0.2, 0.25) is 5.91 Å². The molecule has 0 aliphatic carbocycles. The molecule has 1 aliphatic heterocycles. The standard InChI is InChI=1S/C18H31N5O2/c1-18(2,3)22-16(24)13-21-17(19-4)20-12-14(15-8-7-11-25-15)23-9-5-6-10-23/h7-8,11,14H,5-6,9-10,12-13H2,1-4H3,(H,22,24)(H2,19,20,21). The van der Waals surface area contributed by atoms with E-state index in [-0.39, 0.29) is 24.0 Å². The minimum absolute atomic E-state index is 0.0578. The first-order valence-electron chi connectivity index (χ1n) is 8.92. The highest BCUT2D eigenvalue weighted by Crippen LogP contribution is 2.24. The van der Waals surface area contributed by atoms with Gasteiger partial charge in [0.25, 0.3) is 0 Å². The molecule has 0 spiro atoms. The van der Waals surface area contributed by atoms with Crippen LogP contribution in [0.2, 0.25) is 0 Å². The van der Waals surface area contributed by atoms with E-state index in [2.05, 4.69) is 25.8 Å². The summed E-state index contributed by atoms with van der Waals surface area (Å²) in [5.74, 6) is 1.51. The topological polar surface area (TPSA) is 81.9 Å². The molecule has 25 heavy (non-hydrogen) atoms. The maximum Gasteiger partial charge on any atom is 0.239 e. The molecule has 1 amide bonds. The lowest BCUT2D eigenvalue weighted by Gasteiger charge is -2.27. The zero-order valence-electron chi connectivity index (χ0n) is 15.8. The van der Waals surface area contributed by atoms with Crippen molar-refractivity contribution in [2.75, 3.05) is 33.2 Å². The highest BCUT2D eigenvalue weighted by molar-refractivity contribution is 5.86. The number of aliphatic imine (C=N–C) groups is 1. The number of amides is 1. The maximum absolute atomic E-state index is 11.9. The van der Waals surface area contributed by atoms with Crippen molar-refractivity contribution in [2.24, 2.45) is 4.99 Å². The van der Waals surface area contributed by atoms with Gasteiger partial charge in [0.15, 0.2) is 5.96 Å². The second kappa shape index (κ2) is 8.89. The van der Waals surface area contributed by atoms with Crippen molar-refractivity contribution in [3.63, 3.8) is 0 Å². The van der Waals surface area contributed by atoms with Crippen molar-refractivity contribution in [3.8, 4) is 0 Å². The zero-order valence-corrected chi connectivity index (χ0v) is 15.8. The average Bonchev–Trinajstić information content (AvgIpc) is 3.22. The summed E-state index contributed by atoms with van der Waals surface area (Å²) in [7, 11) is 1.70. The molecule has 7 nitrogen and oxygen atoms in total. The zero-order chi connectivity index (χ0) is 18.3. The Balaban J connectivity index is 1.86. The van der Waals surface area contributed by atoms with Crippen LogP contribution in [0.3, 0.4) is 0 Å². The molecule has 7 heteroatoms. The summed E-state index contributed by atoms with van der Waals surface area (Å²) in [6.07, 6.45) is 4.15. The molecule has 3 N–H and O–H groups in total. The summed E-state index contributed by atoms with van der Waals surface area (Å²) < 4.78 is 5.62. The Bertz CT molecular complexity index is 557. The number of likely N-dealkylation sites (tertiary alicyclic amines) is 1. The summed E-state index contributed by atoms with van der Waals surface area (Å²) in [5.41, 5.74) is -0.240. The lowest BCUT2D eigenvalue weighted by atomic mass is 10.1. The van der Waals surface area contributed by atoms with Crippen molar-refractivity contribution in [2.45, 2.75) is 45.2 Å². The molecule has 1 aliphatic rings. The number of guanidine groups is 1. The van der Waals surface area contributed by atoms with Crippen LogP contribution >= 0.6 is 0 Å². The van der Waals surface area contributed by atoms with Gasteiger partial charge in [0.05, 0.1) is 18.8 Å². The number of nitrogens with zero attached hydrogens (tertiary/aromatic N) is 2. The fourth-order valence-electron chi connectivity index (χ4n) is 2.98. The fraction of sp³-hybridized carbons (Fsp3) is 0.667. The minimum Gasteiger partial charge on any atom is -0.468 e. The number of rotatable bonds is 6. The summed E-state index contributed by atoms with van der Waals surface area (Å²) in [5, 5.41) is 9.29. The molecular weight excluding hydrogens is 318 g/mol. The highest BCUT2D eigenvalue weighted by atomic mass is 16.3. The smallest absolute Gasteiger partial charge is 0.239 e. The molecule has 2 heterocycles. The third kappa shape index (κ3) is 6.42. The van der Waals surface area contributed by atoms with E-state index in [0.717, 1.165) is 18.8 Å². The Morgan fingerprint density at radius 3 is 2.60 bits per heavy atom. The van der Waals surface area contributed by atoms with Crippen molar-refractivity contribution in [1.82, 2.24) is 20.9 Å². The molecule has 1 unspecified atom stereocenters. The van der Waals surface area contributed by atoms with Gasteiger partial charge in [-0.3, -0.25) is 14.7 Å². The van der Waals surface area contributed by atoms with Crippen LogP contribution in [0.15, 0.2) is 27.8 Å². The van der Waals surface area contributed by atoms with Gasteiger partial charge in [0, 0.05) is 19.1 Å². The molecule has 1 saturated heterocycles. The Morgan fingerprint density at radius 2 is 2.04 bits per heavy atom. The van der Waals surface area contributed by atoms with Crippen LogP contribution in [-0.2, 0) is 4.79 Å². The predicted molar refractivity (Wildman–Crippen MR) is 99.5 cm³/mol. The van der Waals surface area contributed by atoms with E-state index in [9.17, 15) is 4.79 Å². The fourth-order valence-corrected chi connectivity index (χ4v) is 2.98. The van der Waals surface area contributed by atoms with Crippen LogP contribution in [0.1, 0.15) is 45.4 Å². The van der Waals surface area contributed by atoms with Gasteiger partial charge < -0.3 is 20.4 Å². The lowest BCUT2D eigenvalue weighted by molar-refractivity contribution is -0.121. The minimum atomic E-state index is -0.240. The van der Waals surface area contributed by atoms with Crippen LogP contribution in [0.5, 0.6) is 0 Å². The van der Waals surface area contributed by atoms with Crippen LogP contribution in [0.25, 0.3) is 0 Å². The van der Waals surface area contributed by atoms with Crippen molar-refractivity contribution >= 4 is 11.9 Å². The van der Waals surface area contributed by atoms with Gasteiger partial charge >= 0.3 is 0 Å². The van der Waals surface area contributed by atoms with Crippen LogP contribution in [-0.4, -0.2) is 55.5 Å². The van der Waals surface area contributed by atoms with E-state index in [1.165, 1.54) is 12.8 Å². The van der Waals surface area contributed by atoms with E-state index in [0.29, 0.717) is 12.5 Å². The first-order chi connectivity index (χ1) is 11.9. The molecular formula is C18H31N5O2. The summed E-state index contributed by atoms with van der Waals surface area (Å²) in [4.78, 5) is 18.6. The van der Waals surface area contributed by atoms with E-state index in [1.807, 2.05) is 32.9 Å². The number of carbonyl (C=O) groups excluding carboxylic acids is 1. The lowest BCUT2D eigenvalue weighted by Crippen LogP contribution is -2.49. The first-order valence-corrected chi connectivity index (χ1v) is 8.92. The molecule has 0 bridgehead atoms. The van der Waals surface area contributed by atoms with E-state index in [1.54, 1.807) is 13.3 Å². The molecule has 2 rings (SSSR count). The highest BCUT2D eigenvalue weighted by Gasteiger charge is 2.25. The second-order valence-electron chi connectivity index (χ2n) is 7.38. The molecule has 140 valence electrons. The average molecular weight is 349 g/mol. The normalized spacial score (nSPS) is 17.4. The molecule has 1 atom stereocenters. The van der Waals surface area contributed by atoms with Gasteiger partial charge in [-0.2, -0.15) is 0 Å². The van der Waals surface area contributed by atoms with E-state index >= 15 is 0 Å². The summed E-state index contributed by atoms with van der Waals surface area (Å²) in [6.45, 7) is 8.90. The molecule has 0 radical (unpaired) electrons. The predicted octanol–water partition coefficient (Wildman–Crippen LogP) is 1.50.